The molecule has 0 aliphatic heterocycles. The van der Waals surface area contributed by atoms with E-state index in [1.165, 1.54) is 20.3 Å². The first-order valence-corrected chi connectivity index (χ1v) is 12.0. The third kappa shape index (κ3) is 7.87. The molecule has 3 rings (SSSR count). The first kappa shape index (κ1) is 29.5. The quantitative estimate of drug-likeness (QED) is 0.202. The van der Waals surface area contributed by atoms with Gasteiger partial charge in [-0.3, -0.25) is 9.59 Å². The number of phenolic OH excluding ortho intramolecular Hbond substituents is 1. The van der Waals surface area contributed by atoms with Crippen molar-refractivity contribution in [2.75, 3.05) is 14.2 Å². The summed E-state index contributed by atoms with van der Waals surface area (Å²) in [5, 5.41) is 28.9. The lowest BCUT2D eigenvalue weighted by molar-refractivity contribution is -0.146. The van der Waals surface area contributed by atoms with E-state index in [2.05, 4.69) is 6.92 Å². The summed E-state index contributed by atoms with van der Waals surface area (Å²) in [6.07, 6.45) is 7.72. The van der Waals surface area contributed by atoms with Gasteiger partial charge in [0.1, 0.15) is 35.2 Å². The normalized spacial score (nSPS) is 21.4. The zero-order valence-electron chi connectivity index (χ0n) is 21.2. The maximum absolute atomic E-state index is 12.4. The molecule has 8 nitrogen and oxygen atoms in total. The number of allylic oxidation sites excluding steroid dienone is 4. The highest BCUT2D eigenvalue weighted by Crippen LogP contribution is 2.34. The van der Waals surface area contributed by atoms with E-state index in [-0.39, 0.29) is 35.2 Å². The topological polar surface area (TPSA) is 130 Å². The van der Waals surface area contributed by atoms with E-state index >= 15 is 0 Å². The smallest absolute Gasteiger partial charge is 0.200 e. The Bertz CT molecular complexity index is 1110. The summed E-state index contributed by atoms with van der Waals surface area (Å²) in [6, 6.07) is 11.7. The highest BCUT2D eigenvalue weighted by atomic mass is 16.5. The Morgan fingerprint density at radius 2 is 1.78 bits per heavy atom. The van der Waals surface area contributed by atoms with E-state index in [1.54, 1.807) is 42.5 Å². The Morgan fingerprint density at radius 3 is 2.38 bits per heavy atom. The predicted octanol–water partition coefficient (Wildman–Crippen LogP) is 3.67. The Balaban J connectivity index is 0.000000261. The molecule has 1 saturated carbocycles. The molecule has 0 heterocycles. The van der Waals surface area contributed by atoms with Gasteiger partial charge in [0.05, 0.1) is 26.2 Å². The van der Waals surface area contributed by atoms with Gasteiger partial charge >= 0.3 is 0 Å². The average Bonchev–Trinajstić information content (AvgIpc) is 2.91. The van der Waals surface area contributed by atoms with Crippen molar-refractivity contribution >= 4 is 17.9 Å². The number of ether oxygens (including phenoxy) is 2. The lowest BCUT2D eigenvalue weighted by atomic mass is 9.76. The average molecular weight is 511 g/mol. The maximum atomic E-state index is 12.4. The number of carbonyl (C=O) groups is 3. The first-order valence-electron chi connectivity index (χ1n) is 12.0. The van der Waals surface area contributed by atoms with E-state index in [9.17, 15) is 29.7 Å². The monoisotopic (exact) mass is 510 g/mol. The Labute approximate surface area is 216 Å². The van der Waals surface area contributed by atoms with E-state index in [0.29, 0.717) is 17.6 Å². The molecule has 0 aromatic heterocycles. The molecule has 0 spiro atoms. The lowest BCUT2D eigenvalue weighted by Gasteiger charge is -2.31. The molecule has 4 atom stereocenters. The number of rotatable bonds is 9. The number of unbranched alkanes of at least 4 members (excludes halogenated alkanes) is 1. The second-order valence-corrected chi connectivity index (χ2v) is 8.50. The van der Waals surface area contributed by atoms with Crippen LogP contribution in [0.25, 0.3) is 0 Å². The van der Waals surface area contributed by atoms with Gasteiger partial charge in [-0.25, -0.2) is 0 Å². The minimum Gasteiger partial charge on any atom is -0.507 e. The van der Waals surface area contributed by atoms with E-state index < -0.39 is 23.9 Å². The molecular formula is C29H34O8. The number of aldehydes is 1. The number of hydrogen-bond acceptors (Lipinski definition) is 8. The van der Waals surface area contributed by atoms with Crippen LogP contribution in [0.1, 0.15) is 42.1 Å². The van der Waals surface area contributed by atoms with Gasteiger partial charge in [0, 0.05) is 17.7 Å². The maximum Gasteiger partial charge on any atom is 0.200 e. The van der Waals surface area contributed by atoms with Crippen molar-refractivity contribution < 1.29 is 39.2 Å². The minimum atomic E-state index is -1.43. The van der Waals surface area contributed by atoms with Crippen LogP contribution in [0.5, 0.6) is 17.2 Å². The number of Topliss-reactive ketones (excluding diaryl/α,β-unsaturated/α-hetero) is 1. The fourth-order valence-corrected chi connectivity index (χ4v) is 3.88. The number of methoxy groups -OCH3 is 2. The molecule has 0 saturated heterocycles. The first-order chi connectivity index (χ1) is 17.8. The van der Waals surface area contributed by atoms with Gasteiger partial charge in [0.25, 0.3) is 0 Å². The van der Waals surface area contributed by atoms with Gasteiger partial charge in [-0.15, -0.1) is 0 Å². The molecule has 2 aromatic rings. The molecule has 37 heavy (non-hydrogen) atoms. The lowest BCUT2D eigenvalue weighted by Crippen LogP contribution is -2.47. The molecule has 4 unspecified atom stereocenters. The Hall–Kier alpha value is -3.75. The summed E-state index contributed by atoms with van der Waals surface area (Å²) in [4.78, 5) is 34.9. The third-order valence-corrected chi connectivity index (χ3v) is 5.94. The highest BCUT2D eigenvalue weighted by molar-refractivity contribution is 6.12. The summed E-state index contributed by atoms with van der Waals surface area (Å²) < 4.78 is 10.2. The van der Waals surface area contributed by atoms with E-state index in [0.717, 1.165) is 12.8 Å². The van der Waals surface area contributed by atoms with Crippen LogP contribution in [0.15, 0.2) is 66.8 Å². The second-order valence-electron chi connectivity index (χ2n) is 8.50. The molecule has 8 heteroatoms. The summed E-state index contributed by atoms with van der Waals surface area (Å²) in [7, 11) is 2.92. The number of phenols is 1. The van der Waals surface area contributed by atoms with Crippen LogP contribution in [-0.2, 0) is 9.59 Å². The molecule has 0 bridgehead atoms. The molecule has 1 aliphatic carbocycles. The molecule has 2 aromatic carbocycles. The van der Waals surface area contributed by atoms with E-state index in [4.69, 9.17) is 9.47 Å². The van der Waals surface area contributed by atoms with Gasteiger partial charge in [0.2, 0.25) is 5.78 Å². The van der Waals surface area contributed by atoms with Crippen molar-refractivity contribution in [1.82, 2.24) is 0 Å². The third-order valence-electron chi connectivity index (χ3n) is 5.94. The largest absolute Gasteiger partial charge is 0.507 e. The zero-order chi connectivity index (χ0) is 27.4. The number of carbonyl (C=O) groups excluding carboxylic acids is 3. The molecule has 0 radical (unpaired) electrons. The van der Waals surface area contributed by atoms with E-state index in [1.807, 2.05) is 18.2 Å². The fourth-order valence-electron chi connectivity index (χ4n) is 3.88. The van der Waals surface area contributed by atoms with Crippen molar-refractivity contribution in [3.05, 3.63) is 77.9 Å². The van der Waals surface area contributed by atoms with Gasteiger partial charge in [-0.05, 0) is 18.8 Å². The van der Waals surface area contributed by atoms with Crippen LogP contribution >= 0.6 is 0 Å². The molecule has 3 N–H and O–H groups in total. The van der Waals surface area contributed by atoms with Gasteiger partial charge in [-0.2, -0.15) is 0 Å². The van der Waals surface area contributed by atoms with Crippen LogP contribution in [0.2, 0.25) is 0 Å². The standard InChI is InChI=1S/C15H14O4.C14H20O4/c1-18-11-8-12(16)14(13(9-11)19-2)15(17)10-6-4-3-5-7-10;1-2-3-4-5-6-7-10-8-12(16)14(18)13(17)11(10)9-15/h3-9,16H,1-2H3;4-7,9-12,14,16,18H,2-3,8H2,1H3. The van der Waals surface area contributed by atoms with Crippen LogP contribution in [-0.4, -0.2) is 59.6 Å². The van der Waals surface area contributed by atoms with Crippen molar-refractivity contribution in [2.24, 2.45) is 11.8 Å². The van der Waals surface area contributed by atoms with Gasteiger partial charge < -0.3 is 29.6 Å². The summed E-state index contributed by atoms with van der Waals surface area (Å²) in [6.45, 7) is 2.08. The van der Waals surface area contributed by atoms with Gasteiger partial charge in [-0.1, -0.05) is 68.0 Å². The SMILES string of the molecule is CCCC=CC=CC1CC(O)C(O)C(=O)C1C=O.COc1cc(O)c(C(=O)c2ccccc2)c(OC)c1. The van der Waals surface area contributed by atoms with Crippen LogP contribution < -0.4 is 9.47 Å². The van der Waals surface area contributed by atoms with Crippen molar-refractivity contribution in [3.8, 4) is 17.2 Å². The molecule has 1 aliphatic rings. The van der Waals surface area contributed by atoms with Crippen LogP contribution in [0, 0.1) is 11.8 Å². The summed E-state index contributed by atoms with van der Waals surface area (Å²) in [5.41, 5.74) is 0.621. The molecule has 198 valence electrons. The Kier molecular flexibility index (Phi) is 11.7. The second kappa shape index (κ2) is 14.7. The highest BCUT2D eigenvalue weighted by Gasteiger charge is 2.41. The summed E-state index contributed by atoms with van der Waals surface area (Å²) >= 11 is 0. The van der Waals surface area contributed by atoms with Crippen molar-refractivity contribution in [3.63, 3.8) is 0 Å². The summed E-state index contributed by atoms with van der Waals surface area (Å²) in [5.74, 6) is -1.51. The Morgan fingerprint density at radius 1 is 1.08 bits per heavy atom. The number of ketones is 2. The fraction of sp³-hybridized carbons (Fsp3) is 0.345. The molecule has 0 amide bonds. The van der Waals surface area contributed by atoms with Crippen molar-refractivity contribution in [2.45, 2.75) is 38.4 Å². The van der Waals surface area contributed by atoms with Gasteiger partial charge in [0.15, 0.2) is 5.78 Å². The number of aromatic hydroxyl groups is 1. The molecule has 1 fully saturated rings. The number of aliphatic hydroxyl groups excluding tert-OH is 2. The number of benzene rings is 2. The zero-order valence-corrected chi connectivity index (χ0v) is 21.2. The number of hydrogen-bond donors (Lipinski definition) is 3. The minimum absolute atomic E-state index is 0.134. The number of aliphatic hydroxyl groups is 2. The van der Waals surface area contributed by atoms with Crippen molar-refractivity contribution in [1.29, 1.82) is 0 Å². The molecular weight excluding hydrogens is 476 g/mol. The van der Waals surface area contributed by atoms with Crippen LogP contribution in [0.3, 0.4) is 0 Å². The van der Waals surface area contributed by atoms with Crippen LogP contribution in [0.4, 0.5) is 0 Å². The predicted molar refractivity (Wildman–Crippen MR) is 139 cm³/mol.